The van der Waals surface area contributed by atoms with Crippen LogP contribution >= 0.6 is 11.6 Å². The summed E-state index contributed by atoms with van der Waals surface area (Å²) in [5, 5.41) is 1.21. The molecule has 0 aliphatic heterocycles. The first kappa shape index (κ1) is 19.9. The van der Waals surface area contributed by atoms with Gasteiger partial charge in [0.2, 0.25) is 0 Å². The fourth-order valence-corrected chi connectivity index (χ4v) is 4.57. The van der Waals surface area contributed by atoms with Gasteiger partial charge in [-0.1, -0.05) is 35.9 Å². The Bertz CT molecular complexity index is 1630. The summed E-state index contributed by atoms with van der Waals surface area (Å²) in [6.45, 7) is 0.670. The summed E-state index contributed by atoms with van der Waals surface area (Å²) < 4.78 is 5.53. The number of pyridine rings is 1. The van der Waals surface area contributed by atoms with Crippen LogP contribution in [0.3, 0.4) is 0 Å². The van der Waals surface area contributed by atoms with Crippen LogP contribution in [0.2, 0.25) is 5.02 Å². The predicted octanol–water partition coefficient (Wildman–Crippen LogP) is 3.99. The molecule has 1 aliphatic rings. The average Bonchev–Trinajstić information content (AvgIpc) is 3.63. The van der Waals surface area contributed by atoms with Crippen molar-refractivity contribution in [3.05, 3.63) is 104 Å². The van der Waals surface area contributed by atoms with Gasteiger partial charge in [0.05, 0.1) is 34.7 Å². The maximum Gasteiger partial charge on any atom is 0.329 e. The van der Waals surface area contributed by atoms with Gasteiger partial charge in [0, 0.05) is 23.8 Å². The number of para-hydroxylation sites is 1. The Morgan fingerprint density at radius 2 is 1.67 bits per heavy atom. The molecular formula is C25H20ClN5O2. The van der Waals surface area contributed by atoms with Crippen LogP contribution in [-0.2, 0) is 13.1 Å². The maximum atomic E-state index is 13.4. The Hall–Kier alpha value is -3.71. The van der Waals surface area contributed by atoms with Crippen LogP contribution in [0.15, 0.2) is 76.6 Å². The molecule has 5 aromatic rings. The molecule has 0 spiro atoms. The van der Waals surface area contributed by atoms with Crippen LogP contribution in [0.25, 0.3) is 21.9 Å². The van der Waals surface area contributed by atoms with E-state index in [0.29, 0.717) is 22.8 Å². The lowest BCUT2D eigenvalue weighted by Crippen LogP contribution is -2.28. The van der Waals surface area contributed by atoms with Gasteiger partial charge in [0.1, 0.15) is 5.82 Å². The Kier molecular flexibility index (Phi) is 4.66. The predicted molar refractivity (Wildman–Crippen MR) is 128 cm³/mol. The van der Waals surface area contributed by atoms with Gasteiger partial charge < -0.3 is 4.57 Å². The molecule has 1 aliphatic carbocycles. The van der Waals surface area contributed by atoms with Crippen LogP contribution < -0.4 is 11.2 Å². The van der Waals surface area contributed by atoms with Crippen molar-refractivity contribution in [1.29, 1.82) is 0 Å². The molecule has 0 N–H and O–H groups in total. The normalized spacial score (nSPS) is 13.7. The summed E-state index contributed by atoms with van der Waals surface area (Å²) in [5.41, 5.74) is 3.01. The molecule has 1 saturated carbocycles. The third-order valence-corrected chi connectivity index (χ3v) is 6.45. The number of nitrogens with zero attached hydrogens (tertiary/aromatic N) is 5. The highest BCUT2D eigenvalue weighted by Crippen LogP contribution is 2.36. The zero-order chi connectivity index (χ0) is 22.5. The van der Waals surface area contributed by atoms with Crippen LogP contribution in [0.4, 0.5) is 0 Å². The minimum atomic E-state index is -0.301. The van der Waals surface area contributed by atoms with Crippen LogP contribution in [-0.4, -0.2) is 23.7 Å². The zero-order valence-electron chi connectivity index (χ0n) is 17.7. The molecule has 6 rings (SSSR count). The van der Waals surface area contributed by atoms with E-state index >= 15 is 0 Å². The first-order valence-corrected chi connectivity index (χ1v) is 11.3. The van der Waals surface area contributed by atoms with E-state index in [1.165, 1.54) is 0 Å². The number of hydrogen-bond donors (Lipinski definition) is 0. The van der Waals surface area contributed by atoms with E-state index in [2.05, 4.69) is 9.97 Å². The Morgan fingerprint density at radius 1 is 0.879 bits per heavy atom. The average molecular weight is 458 g/mol. The monoisotopic (exact) mass is 457 g/mol. The number of fused-ring (bicyclic) bond motifs is 2. The van der Waals surface area contributed by atoms with E-state index in [4.69, 9.17) is 11.6 Å². The second kappa shape index (κ2) is 7.71. The number of rotatable bonds is 5. The molecule has 7 nitrogen and oxygen atoms in total. The maximum absolute atomic E-state index is 13.4. The van der Waals surface area contributed by atoms with Crippen molar-refractivity contribution in [1.82, 2.24) is 23.7 Å². The molecular weight excluding hydrogens is 438 g/mol. The highest BCUT2D eigenvalue weighted by molar-refractivity contribution is 6.30. The Labute approximate surface area is 193 Å². The molecule has 3 heterocycles. The summed E-state index contributed by atoms with van der Waals surface area (Å²) >= 11 is 6.07. The number of benzene rings is 2. The van der Waals surface area contributed by atoms with Crippen molar-refractivity contribution in [3.8, 4) is 0 Å². The highest BCUT2D eigenvalue weighted by atomic mass is 35.5. The van der Waals surface area contributed by atoms with E-state index in [1.54, 1.807) is 23.0 Å². The summed E-state index contributed by atoms with van der Waals surface area (Å²) in [7, 11) is 0. The molecule has 164 valence electrons. The van der Waals surface area contributed by atoms with Crippen molar-refractivity contribution in [2.75, 3.05) is 0 Å². The fraction of sp³-hybridized carbons (Fsp3) is 0.200. The lowest BCUT2D eigenvalue weighted by Gasteiger charge is -2.16. The van der Waals surface area contributed by atoms with Crippen LogP contribution in [0.1, 0.15) is 30.3 Å². The summed E-state index contributed by atoms with van der Waals surface area (Å²) in [6, 6.07) is 17.1. The van der Waals surface area contributed by atoms with Gasteiger partial charge in [0.25, 0.3) is 5.56 Å². The molecule has 0 atom stereocenters. The van der Waals surface area contributed by atoms with Gasteiger partial charge in [-0.2, -0.15) is 4.98 Å². The molecule has 0 radical (unpaired) electrons. The van der Waals surface area contributed by atoms with Crippen molar-refractivity contribution in [2.24, 2.45) is 0 Å². The van der Waals surface area contributed by atoms with Crippen LogP contribution in [0.5, 0.6) is 0 Å². The smallest absolute Gasteiger partial charge is 0.323 e. The van der Waals surface area contributed by atoms with E-state index < -0.39 is 0 Å². The SMILES string of the molecule is O=c1nc(Cn2c(=O)n(C3CC3)c3ccncc32)n(Cc2ccc(Cl)cc2)c2ccccc12. The van der Waals surface area contributed by atoms with Gasteiger partial charge in [0.15, 0.2) is 0 Å². The molecule has 3 aromatic heterocycles. The molecule has 0 saturated heterocycles. The van der Waals surface area contributed by atoms with Crippen LogP contribution in [0, 0.1) is 0 Å². The topological polar surface area (TPSA) is 74.7 Å². The second-order valence-corrected chi connectivity index (χ2v) is 8.83. The van der Waals surface area contributed by atoms with Gasteiger partial charge in [-0.25, -0.2) is 4.79 Å². The van der Waals surface area contributed by atoms with Crippen molar-refractivity contribution >= 4 is 33.5 Å². The summed E-state index contributed by atoms with van der Waals surface area (Å²) in [6.07, 6.45) is 5.40. The zero-order valence-corrected chi connectivity index (χ0v) is 18.4. The lowest BCUT2D eigenvalue weighted by atomic mass is 10.2. The Morgan fingerprint density at radius 3 is 2.45 bits per heavy atom. The van der Waals surface area contributed by atoms with Gasteiger partial charge in [-0.3, -0.25) is 18.9 Å². The standard InChI is InChI=1S/C25H20ClN5O2/c26-17-7-5-16(6-8-17)14-29-20-4-2-1-3-19(20)24(32)28-23(29)15-30-22-13-27-12-11-21(22)31(25(30)33)18-9-10-18/h1-8,11-13,18H,9-10,14-15H2. The number of aromatic nitrogens is 5. The minimum Gasteiger partial charge on any atom is -0.323 e. The minimum absolute atomic E-state index is 0.0963. The molecule has 8 heteroatoms. The second-order valence-electron chi connectivity index (χ2n) is 8.40. The van der Waals surface area contributed by atoms with Gasteiger partial charge in [-0.15, -0.1) is 0 Å². The molecule has 0 bridgehead atoms. The van der Waals surface area contributed by atoms with Crippen molar-refractivity contribution in [2.45, 2.75) is 32.0 Å². The molecule has 2 aromatic carbocycles. The number of hydrogen-bond acceptors (Lipinski definition) is 4. The van der Waals surface area contributed by atoms with Crippen molar-refractivity contribution < 1.29 is 0 Å². The summed E-state index contributed by atoms with van der Waals surface area (Å²) in [4.78, 5) is 34.9. The number of imidazole rings is 1. The first-order chi connectivity index (χ1) is 16.1. The lowest BCUT2D eigenvalue weighted by molar-refractivity contribution is 0.624. The summed E-state index contributed by atoms with van der Waals surface area (Å²) in [5.74, 6) is 0.523. The first-order valence-electron chi connectivity index (χ1n) is 10.9. The van der Waals surface area contributed by atoms with Gasteiger partial charge in [-0.05, 0) is 48.7 Å². The molecule has 0 amide bonds. The molecule has 0 unspecified atom stereocenters. The van der Waals surface area contributed by atoms with E-state index in [-0.39, 0.29) is 23.8 Å². The van der Waals surface area contributed by atoms with Crippen molar-refractivity contribution in [3.63, 3.8) is 0 Å². The third-order valence-electron chi connectivity index (χ3n) is 6.20. The van der Waals surface area contributed by atoms with E-state index in [1.807, 2.05) is 57.7 Å². The van der Waals surface area contributed by atoms with Gasteiger partial charge >= 0.3 is 5.69 Å². The fourth-order valence-electron chi connectivity index (χ4n) is 4.44. The molecule has 1 fully saturated rings. The Balaban J connectivity index is 1.55. The highest BCUT2D eigenvalue weighted by Gasteiger charge is 2.29. The van der Waals surface area contributed by atoms with E-state index in [9.17, 15) is 9.59 Å². The van der Waals surface area contributed by atoms with E-state index in [0.717, 1.165) is 35.0 Å². The third kappa shape index (κ3) is 3.45. The number of halogens is 1. The quantitative estimate of drug-likeness (QED) is 0.400. The largest absolute Gasteiger partial charge is 0.329 e. The molecule has 33 heavy (non-hydrogen) atoms.